The first-order valence-electron chi connectivity index (χ1n) is 6.89. The Balaban J connectivity index is 1.86. The highest BCUT2D eigenvalue weighted by molar-refractivity contribution is 9.10. The Bertz CT molecular complexity index is 525. The van der Waals surface area contributed by atoms with Gasteiger partial charge in [-0.3, -0.25) is 0 Å². The predicted molar refractivity (Wildman–Crippen MR) is 86.5 cm³/mol. The Labute approximate surface area is 123 Å². The molecule has 0 bridgehead atoms. The second-order valence-corrected chi connectivity index (χ2v) is 5.67. The minimum atomic E-state index is 0.930. The van der Waals surface area contributed by atoms with Gasteiger partial charge in [-0.2, -0.15) is 0 Å². The molecule has 0 atom stereocenters. The molecular weight excluding hydrogens is 300 g/mol. The molecule has 2 aromatic carbocycles. The van der Waals surface area contributed by atoms with Crippen LogP contribution in [0.1, 0.15) is 18.9 Å². The first kappa shape index (κ1) is 14.5. The van der Waals surface area contributed by atoms with E-state index < -0.39 is 0 Å². The molecule has 0 aliphatic heterocycles. The van der Waals surface area contributed by atoms with Gasteiger partial charge in [0, 0.05) is 24.1 Å². The van der Waals surface area contributed by atoms with Crippen LogP contribution in [0.4, 0.5) is 0 Å². The second-order valence-electron chi connectivity index (χ2n) is 4.75. The van der Waals surface area contributed by atoms with Crippen molar-refractivity contribution in [3.8, 4) is 0 Å². The Morgan fingerprint density at radius 1 is 0.895 bits per heavy atom. The molecule has 0 aliphatic carbocycles. The van der Waals surface area contributed by atoms with Crippen LogP contribution in [0.5, 0.6) is 0 Å². The third-order valence-electron chi connectivity index (χ3n) is 3.10. The van der Waals surface area contributed by atoms with Crippen molar-refractivity contribution in [2.24, 2.45) is 0 Å². The summed E-state index contributed by atoms with van der Waals surface area (Å²) < 4.78 is 1.13. The Morgan fingerprint density at radius 3 is 2.47 bits per heavy atom. The quantitative estimate of drug-likeness (QED) is 0.760. The van der Waals surface area contributed by atoms with Crippen LogP contribution in [-0.4, -0.2) is 19.6 Å². The Hall–Kier alpha value is -0.900. The monoisotopic (exact) mass is 320 g/mol. The van der Waals surface area contributed by atoms with E-state index in [2.05, 4.69) is 69.9 Å². The number of hydrogen-bond acceptors (Lipinski definition) is 2. The van der Waals surface area contributed by atoms with Crippen LogP contribution in [0.2, 0.25) is 0 Å². The smallest absolute Gasteiger partial charge is 0.0206 e. The number of benzene rings is 2. The zero-order chi connectivity index (χ0) is 13.5. The zero-order valence-electron chi connectivity index (χ0n) is 11.4. The van der Waals surface area contributed by atoms with Gasteiger partial charge < -0.3 is 10.6 Å². The summed E-state index contributed by atoms with van der Waals surface area (Å²) in [5, 5.41) is 9.43. The second kappa shape index (κ2) is 7.63. The molecule has 0 aliphatic rings. The lowest BCUT2D eigenvalue weighted by molar-refractivity contribution is 0.607. The van der Waals surface area contributed by atoms with Gasteiger partial charge in [-0.1, -0.05) is 41.1 Å². The fraction of sp³-hybridized carbons (Fsp3) is 0.375. The summed E-state index contributed by atoms with van der Waals surface area (Å²) in [7, 11) is 0. The lowest BCUT2D eigenvalue weighted by atomic mass is 10.1. The van der Waals surface area contributed by atoms with E-state index in [-0.39, 0.29) is 0 Å². The van der Waals surface area contributed by atoms with E-state index in [0.29, 0.717) is 0 Å². The highest BCUT2D eigenvalue weighted by Gasteiger charge is 1.97. The van der Waals surface area contributed by atoms with Gasteiger partial charge in [-0.05, 0) is 47.5 Å². The van der Waals surface area contributed by atoms with E-state index in [0.717, 1.165) is 30.7 Å². The summed E-state index contributed by atoms with van der Waals surface area (Å²) in [6.07, 6.45) is 1.19. The van der Waals surface area contributed by atoms with Gasteiger partial charge in [-0.15, -0.1) is 0 Å². The number of halogens is 1. The van der Waals surface area contributed by atoms with Crippen molar-refractivity contribution in [3.63, 3.8) is 0 Å². The molecule has 102 valence electrons. The van der Waals surface area contributed by atoms with Crippen LogP contribution >= 0.6 is 15.9 Å². The largest absolute Gasteiger partial charge is 0.315 e. The maximum absolute atomic E-state index is 3.50. The standard InChI is InChI=1S/C16H21BrN2/c1-2-7-18-8-9-19-12-13-3-4-15-11-16(17)6-5-14(15)10-13/h3-6,10-11,18-19H,2,7-9,12H2,1H3. The third kappa shape index (κ3) is 4.60. The molecule has 0 radical (unpaired) electrons. The van der Waals surface area contributed by atoms with Gasteiger partial charge in [0.2, 0.25) is 0 Å². The zero-order valence-corrected chi connectivity index (χ0v) is 13.0. The number of nitrogens with one attached hydrogen (secondary N) is 2. The molecule has 2 N–H and O–H groups in total. The van der Waals surface area contributed by atoms with Crippen molar-refractivity contribution in [2.45, 2.75) is 19.9 Å². The third-order valence-corrected chi connectivity index (χ3v) is 3.59. The van der Waals surface area contributed by atoms with Gasteiger partial charge >= 0.3 is 0 Å². The molecule has 0 saturated carbocycles. The molecule has 2 rings (SSSR count). The molecule has 2 nitrogen and oxygen atoms in total. The van der Waals surface area contributed by atoms with E-state index in [4.69, 9.17) is 0 Å². The predicted octanol–water partition coefficient (Wildman–Crippen LogP) is 3.69. The summed E-state index contributed by atoms with van der Waals surface area (Å²) in [5.74, 6) is 0. The van der Waals surface area contributed by atoms with Crippen LogP contribution in [0.3, 0.4) is 0 Å². The molecule has 3 heteroatoms. The lowest BCUT2D eigenvalue weighted by Gasteiger charge is -2.07. The maximum Gasteiger partial charge on any atom is 0.0206 e. The van der Waals surface area contributed by atoms with Crippen LogP contribution < -0.4 is 10.6 Å². The molecule has 19 heavy (non-hydrogen) atoms. The van der Waals surface area contributed by atoms with Crippen LogP contribution in [0.25, 0.3) is 10.8 Å². The molecule has 0 aromatic heterocycles. The van der Waals surface area contributed by atoms with E-state index in [1.54, 1.807) is 0 Å². The number of hydrogen-bond donors (Lipinski definition) is 2. The fourth-order valence-electron chi connectivity index (χ4n) is 2.09. The summed E-state index contributed by atoms with van der Waals surface area (Å²) in [6, 6.07) is 13.0. The summed E-state index contributed by atoms with van der Waals surface area (Å²) in [4.78, 5) is 0. The molecule has 0 spiro atoms. The minimum absolute atomic E-state index is 0.930. The van der Waals surface area contributed by atoms with Crippen molar-refractivity contribution >= 4 is 26.7 Å². The van der Waals surface area contributed by atoms with Gasteiger partial charge in [0.25, 0.3) is 0 Å². The van der Waals surface area contributed by atoms with Gasteiger partial charge in [0.1, 0.15) is 0 Å². The van der Waals surface area contributed by atoms with Crippen molar-refractivity contribution < 1.29 is 0 Å². The van der Waals surface area contributed by atoms with E-state index >= 15 is 0 Å². The molecule has 0 saturated heterocycles. The van der Waals surface area contributed by atoms with Crippen molar-refractivity contribution in [3.05, 3.63) is 46.4 Å². The summed E-state index contributed by atoms with van der Waals surface area (Å²) in [6.45, 7) is 6.27. The first-order chi connectivity index (χ1) is 9.29. The normalized spacial score (nSPS) is 11.1. The topological polar surface area (TPSA) is 24.1 Å². The van der Waals surface area contributed by atoms with Gasteiger partial charge in [-0.25, -0.2) is 0 Å². The fourth-order valence-corrected chi connectivity index (χ4v) is 2.47. The van der Waals surface area contributed by atoms with Crippen LogP contribution in [0, 0.1) is 0 Å². The average Bonchev–Trinajstić information content (AvgIpc) is 2.43. The van der Waals surface area contributed by atoms with Crippen LogP contribution in [0.15, 0.2) is 40.9 Å². The SMILES string of the molecule is CCCNCCNCc1ccc2cc(Br)ccc2c1. The van der Waals surface area contributed by atoms with E-state index in [1.165, 1.54) is 22.8 Å². The van der Waals surface area contributed by atoms with Gasteiger partial charge in [0.15, 0.2) is 0 Å². The summed E-state index contributed by atoms with van der Waals surface area (Å²) >= 11 is 3.50. The highest BCUT2D eigenvalue weighted by Crippen LogP contribution is 2.20. The molecular formula is C16H21BrN2. The van der Waals surface area contributed by atoms with E-state index in [1.807, 2.05) is 0 Å². The lowest BCUT2D eigenvalue weighted by Crippen LogP contribution is -2.27. The molecule has 0 amide bonds. The Morgan fingerprint density at radius 2 is 1.63 bits per heavy atom. The average molecular weight is 321 g/mol. The van der Waals surface area contributed by atoms with E-state index in [9.17, 15) is 0 Å². The first-order valence-corrected chi connectivity index (χ1v) is 7.68. The molecule has 0 unspecified atom stereocenters. The molecule has 2 aromatic rings. The Kier molecular flexibility index (Phi) is 5.83. The molecule has 0 heterocycles. The van der Waals surface area contributed by atoms with Crippen LogP contribution in [-0.2, 0) is 6.54 Å². The maximum atomic E-state index is 3.50. The number of fused-ring (bicyclic) bond motifs is 1. The molecule has 0 fully saturated rings. The van der Waals surface area contributed by atoms with Crippen molar-refractivity contribution in [2.75, 3.05) is 19.6 Å². The minimum Gasteiger partial charge on any atom is -0.315 e. The number of rotatable bonds is 7. The summed E-state index contributed by atoms with van der Waals surface area (Å²) in [5.41, 5.74) is 1.34. The highest BCUT2D eigenvalue weighted by atomic mass is 79.9. The van der Waals surface area contributed by atoms with Crippen molar-refractivity contribution in [1.29, 1.82) is 0 Å². The van der Waals surface area contributed by atoms with Gasteiger partial charge in [0.05, 0.1) is 0 Å². The van der Waals surface area contributed by atoms with Crippen molar-refractivity contribution in [1.82, 2.24) is 10.6 Å².